The maximum Gasteiger partial charge on any atom is 0.310 e. The highest BCUT2D eigenvalue weighted by Gasteiger charge is 2.67. The number of benzene rings is 1. The molecule has 0 aromatic heterocycles. The molecule has 2 bridgehead atoms. The Morgan fingerprint density at radius 2 is 2.05 bits per heavy atom. The van der Waals surface area contributed by atoms with Gasteiger partial charge in [0.05, 0.1) is 26.7 Å². The third-order valence-corrected chi connectivity index (χ3v) is 6.95. The second kappa shape index (κ2) is 5.11. The van der Waals surface area contributed by atoms with Crippen LogP contribution in [0.25, 0.3) is 0 Å². The predicted octanol–water partition coefficient (Wildman–Crippen LogP) is 3.50. The average Bonchev–Trinajstić information content (AvgIpc) is 3.07. The number of hydrogen-bond donors (Lipinski definition) is 1. The van der Waals surface area contributed by atoms with Gasteiger partial charge in [-0.25, -0.2) is 0 Å². The minimum atomic E-state index is -0.352. The first kappa shape index (κ1) is 14.8. The van der Waals surface area contributed by atoms with Gasteiger partial charge in [-0.1, -0.05) is 39.1 Å². The molecule has 2 aliphatic carbocycles. The Morgan fingerprint density at radius 3 is 2.77 bits per heavy atom. The Hall–Kier alpha value is -0.780. The molecule has 1 aromatic carbocycles. The summed E-state index contributed by atoms with van der Waals surface area (Å²) in [6, 6.07) is 4.94. The van der Waals surface area contributed by atoms with E-state index in [0.717, 1.165) is 6.42 Å². The van der Waals surface area contributed by atoms with Crippen LogP contribution in [-0.2, 0) is 14.3 Å². The van der Waals surface area contributed by atoms with E-state index in [1.54, 1.807) is 18.2 Å². The monoisotopic (exact) mass is 403 g/mol. The summed E-state index contributed by atoms with van der Waals surface area (Å²) >= 11 is 15.4. The van der Waals surface area contributed by atoms with Crippen molar-refractivity contribution in [2.45, 2.75) is 17.4 Å². The van der Waals surface area contributed by atoms with Gasteiger partial charge in [-0.3, -0.25) is 9.59 Å². The lowest BCUT2D eigenvalue weighted by Crippen LogP contribution is -2.40. The minimum absolute atomic E-state index is 0.0600. The number of alkyl halides is 1. The van der Waals surface area contributed by atoms with Gasteiger partial charge in [-0.15, -0.1) is 0 Å². The zero-order valence-corrected chi connectivity index (χ0v) is 14.4. The maximum absolute atomic E-state index is 12.7. The van der Waals surface area contributed by atoms with E-state index in [0.29, 0.717) is 15.7 Å². The normalized spacial score (nSPS) is 38.2. The smallest absolute Gasteiger partial charge is 0.310 e. The fraction of sp³-hybridized carbons (Fsp3) is 0.467. The lowest BCUT2D eigenvalue weighted by atomic mass is 9.79. The first-order chi connectivity index (χ1) is 10.5. The van der Waals surface area contributed by atoms with E-state index < -0.39 is 0 Å². The zero-order valence-electron chi connectivity index (χ0n) is 11.3. The molecule has 4 nitrogen and oxygen atoms in total. The molecule has 0 spiro atoms. The van der Waals surface area contributed by atoms with Gasteiger partial charge in [0.2, 0.25) is 5.91 Å². The van der Waals surface area contributed by atoms with Crippen molar-refractivity contribution in [1.82, 2.24) is 0 Å². The van der Waals surface area contributed by atoms with E-state index in [4.69, 9.17) is 27.9 Å². The summed E-state index contributed by atoms with van der Waals surface area (Å²) in [4.78, 5) is 24.8. The van der Waals surface area contributed by atoms with Gasteiger partial charge in [-0.2, -0.15) is 0 Å². The molecule has 0 unspecified atom stereocenters. The maximum atomic E-state index is 12.7. The number of carbonyl (C=O) groups is 2. The summed E-state index contributed by atoms with van der Waals surface area (Å²) in [5.41, 5.74) is 0.580. The van der Waals surface area contributed by atoms with Gasteiger partial charge in [-0.05, 0) is 30.5 Å². The van der Waals surface area contributed by atoms with Gasteiger partial charge in [0.1, 0.15) is 6.10 Å². The number of fused-ring (bicyclic) bond motifs is 1. The van der Waals surface area contributed by atoms with Crippen molar-refractivity contribution in [2.24, 2.45) is 23.7 Å². The molecule has 3 fully saturated rings. The summed E-state index contributed by atoms with van der Waals surface area (Å²) in [6.07, 6.45) is 0.785. The molecule has 2 saturated carbocycles. The molecule has 0 radical (unpaired) electrons. The molecule has 1 aromatic rings. The molecule has 1 N–H and O–H groups in total. The van der Waals surface area contributed by atoms with Crippen LogP contribution in [0.2, 0.25) is 10.0 Å². The number of anilines is 1. The first-order valence-corrected chi connectivity index (χ1v) is 8.75. The fourth-order valence-electron chi connectivity index (χ4n) is 4.13. The van der Waals surface area contributed by atoms with E-state index in [1.807, 2.05) is 0 Å². The molecular weight excluding hydrogens is 393 g/mol. The Bertz CT molecular complexity index is 683. The third kappa shape index (κ3) is 2.02. The predicted molar refractivity (Wildman–Crippen MR) is 86.3 cm³/mol. The molecule has 6 atom stereocenters. The Kier molecular flexibility index (Phi) is 3.44. The number of halogens is 3. The number of nitrogens with one attached hydrogen (secondary N) is 1. The summed E-state index contributed by atoms with van der Waals surface area (Å²) in [5.74, 6) is -0.770. The quantitative estimate of drug-likeness (QED) is 0.606. The van der Waals surface area contributed by atoms with Crippen LogP contribution in [-0.4, -0.2) is 22.8 Å². The highest BCUT2D eigenvalue weighted by Crippen LogP contribution is 2.60. The van der Waals surface area contributed by atoms with E-state index in [1.165, 1.54) is 0 Å². The van der Waals surface area contributed by atoms with Crippen LogP contribution in [0, 0.1) is 23.7 Å². The van der Waals surface area contributed by atoms with Crippen LogP contribution in [0.1, 0.15) is 6.42 Å². The first-order valence-electron chi connectivity index (χ1n) is 7.08. The summed E-state index contributed by atoms with van der Waals surface area (Å²) in [6.45, 7) is 0. The number of ether oxygens (including phenoxy) is 1. The fourth-order valence-corrected chi connectivity index (χ4v) is 5.47. The molecular formula is C15H12BrCl2NO3. The van der Waals surface area contributed by atoms with Crippen molar-refractivity contribution in [1.29, 1.82) is 0 Å². The van der Waals surface area contributed by atoms with Crippen molar-refractivity contribution in [3.63, 3.8) is 0 Å². The molecule has 1 aliphatic heterocycles. The van der Waals surface area contributed by atoms with Crippen molar-refractivity contribution in [3.05, 3.63) is 28.2 Å². The van der Waals surface area contributed by atoms with Gasteiger partial charge in [0.25, 0.3) is 0 Å². The van der Waals surface area contributed by atoms with Gasteiger partial charge >= 0.3 is 5.97 Å². The van der Waals surface area contributed by atoms with Crippen molar-refractivity contribution in [2.75, 3.05) is 5.32 Å². The van der Waals surface area contributed by atoms with E-state index >= 15 is 0 Å². The van der Waals surface area contributed by atoms with Crippen LogP contribution in [0.15, 0.2) is 18.2 Å². The molecule has 4 rings (SSSR count). The third-order valence-electron chi connectivity index (χ3n) is 5.01. The molecule has 22 heavy (non-hydrogen) atoms. The topological polar surface area (TPSA) is 55.4 Å². The molecule has 1 amide bonds. The van der Waals surface area contributed by atoms with E-state index in [9.17, 15) is 9.59 Å². The van der Waals surface area contributed by atoms with Gasteiger partial charge in [0.15, 0.2) is 0 Å². The number of hydrogen-bond acceptors (Lipinski definition) is 3. The second-order valence-electron chi connectivity index (χ2n) is 6.08. The van der Waals surface area contributed by atoms with Crippen LogP contribution >= 0.6 is 39.1 Å². The summed E-state index contributed by atoms with van der Waals surface area (Å²) < 4.78 is 5.41. The molecule has 116 valence electrons. The average molecular weight is 405 g/mol. The zero-order chi connectivity index (χ0) is 15.6. The lowest BCUT2D eigenvalue weighted by Gasteiger charge is -2.27. The lowest BCUT2D eigenvalue weighted by molar-refractivity contribution is -0.145. The SMILES string of the molecule is O=C(Nc1ccc(Cl)c(Cl)c1)[C@@H]1[C@H]2C[C@H]3[C@H](OC(=O)[C@@H]31)[C@H]2Br. The Labute approximate surface area is 145 Å². The largest absolute Gasteiger partial charge is 0.461 e. The van der Waals surface area contributed by atoms with Crippen LogP contribution in [0.3, 0.4) is 0 Å². The van der Waals surface area contributed by atoms with Crippen LogP contribution < -0.4 is 5.32 Å². The van der Waals surface area contributed by atoms with Crippen molar-refractivity contribution < 1.29 is 14.3 Å². The van der Waals surface area contributed by atoms with Crippen molar-refractivity contribution >= 4 is 56.7 Å². The summed E-state index contributed by atoms with van der Waals surface area (Å²) in [5, 5.41) is 3.66. The van der Waals surface area contributed by atoms with E-state index in [-0.39, 0.29) is 46.5 Å². The number of amides is 1. The van der Waals surface area contributed by atoms with Crippen molar-refractivity contribution in [3.8, 4) is 0 Å². The van der Waals surface area contributed by atoms with Gasteiger partial charge in [0, 0.05) is 11.6 Å². The molecule has 1 saturated heterocycles. The highest BCUT2D eigenvalue weighted by atomic mass is 79.9. The number of rotatable bonds is 2. The molecule has 7 heteroatoms. The van der Waals surface area contributed by atoms with Crippen LogP contribution in [0.5, 0.6) is 0 Å². The standard InChI is InChI=1S/C15H12BrCl2NO3/c16-12-6-4-7-11(15(21)22-13(7)12)10(6)14(20)19-5-1-2-8(17)9(18)3-5/h1-3,6-7,10-13H,4H2,(H,19,20)/t6-,7-,10-,11+,12+,13+/m1/s1. The Morgan fingerprint density at radius 1 is 1.27 bits per heavy atom. The number of esters is 1. The number of carbonyl (C=O) groups excluding carboxylic acids is 2. The summed E-state index contributed by atoms with van der Waals surface area (Å²) in [7, 11) is 0. The van der Waals surface area contributed by atoms with E-state index in [2.05, 4.69) is 21.2 Å². The minimum Gasteiger partial charge on any atom is -0.461 e. The van der Waals surface area contributed by atoms with Crippen LogP contribution in [0.4, 0.5) is 5.69 Å². The van der Waals surface area contributed by atoms with Gasteiger partial charge < -0.3 is 10.1 Å². The molecule has 1 heterocycles. The Balaban J connectivity index is 1.58. The highest BCUT2D eigenvalue weighted by molar-refractivity contribution is 9.09. The second-order valence-corrected chi connectivity index (χ2v) is 7.95. The molecule has 3 aliphatic rings.